The van der Waals surface area contributed by atoms with Crippen molar-refractivity contribution in [1.29, 1.82) is 0 Å². The molecular formula is C28H23N3O5. The molecule has 0 bridgehead atoms. The van der Waals surface area contributed by atoms with Crippen molar-refractivity contribution in [1.82, 2.24) is 9.97 Å². The molecule has 3 aromatic heterocycles. The molecule has 5 aromatic rings. The average molecular weight is 482 g/mol. The summed E-state index contributed by atoms with van der Waals surface area (Å²) in [5.41, 5.74) is 5.02. The summed E-state index contributed by atoms with van der Waals surface area (Å²) in [5, 5.41) is 2.85. The monoisotopic (exact) mass is 481 g/mol. The molecule has 0 atom stereocenters. The van der Waals surface area contributed by atoms with Crippen molar-refractivity contribution in [2.24, 2.45) is 0 Å². The van der Waals surface area contributed by atoms with E-state index in [4.69, 9.17) is 18.6 Å². The molecule has 2 aromatic carbocycles. The van der Waals surface area contributed by atoms with Gasteiger partial charge in [0.15, 0.2) is 18.1 Å². The van der Waals surface area contributed by atoms with Gasteiger partial charge >= 0.3 is 5.97 Å². The van der Waals surface area contributed by atoms with E-state index in [1.807, 2.05) is 32.0 Å². The minimum atomic E-state index is -0.635. The number of nitrogens with zero attached hydrogens (tertiary/aromatic N) is 2. The fourth-order valence-corrected chi connectivity index (χ4v) is 3.94. The zero-order valence-corrected chi connectivity index (χ0v) is 19.8. The maximum Gasteiger partial charge on any atom is 0.338 e. The number of furan rings is 2. The summed E-state index contributed by atoms with van der Waals surface area (Å²) in [6.07, 6.45) is 3.88. The van der Waals surface area contributed by atoms with Gasteiger partial charge in [0.1, 0.15) is 11.4 Å². The quantitative estimate of drug-likeness (QED) is 0.292. The van der Waals surface area contributed by atoms with Crippen molar-refractivity contribution in [3.63, 3.8) is 0 Å². The normalized spacial score (nSPS) is 10.9. The Kier molecular flexibility index (Phi) is 6.32. The molecule has 0 unspecified atom stereocenters. The summed E-state index contributed by atoms with van der Waals surface area (Å²) < 4.78 is 16.4. The number of carbonyl (C=O) groups is 2. The summed E-state index contributed by atoms with van der Waals surface area (Å²) in [6.45, 7) is 3.53. The maximum absolute atomic E-state index is 12.7. The second-order valence-corrected chi connectivity index (χ2v) is 8.17. The Hall–Kier alpha value is -4.72. The zero-order valence-electron chi connectivity index (χ0n) is 19.8. The van der Waals surface area contributed by atoms with Gasteiger partial charge in [0, 0.05) is 5.69 Å². The Balaban J connectivity index is 1.36. The van der Waals surface area contributed by atoms with Gasteiger partial charge in [-0.1, -0.05) is 25.1 Å². The SMILES string of the molecule is CCc1cccc(C)c1NC(=O)COC(=O)c1ccc2nc(-c3ccco3)c(-c3ccco3)nc2c1. The van der Waals surface area contributed by atoms with E-state index in [9.17, 15) is 9.59 Å². The number of rotatable bonds is 7. The van der Waals surface area contributed by atoms with Crippen LogP contribution in [0.5, 0.6) is 0 Å². The van der Waals surface area contributed by atoms with Gasteiger partial charge in [-0.15, -0.1) is 0 Å². The third kappa shape index (κ3) is 4.61. The van der Waals surface area contributed by atoms with E-state index in [0.29, 0.717) is 33.9 Å². The molecule has 180 valence electrons. The molecule has 36 heavy (non-hydrogen) atoms. The number of benzene rings is 2. The summed E-state index contributed by atoms with van der Waals surface area (Å²) in [5.74, 6) is 0.0217. The molecule has 1 N–H and O–H groups in total. The largest absolute Gasteiger partial charge is 0.463 e. The Labute approximate surface area is 206 Å². The fraction of sp³-hybridized carbons (Fsp3) is 0.143. The molecule has 8 nitrogen and oxygen atoms in total. The van der Waals surface area contributed by atoms with E-state index in [1.165, 1.54) is 0 Å². The van der Waals surface area contributed by atoms with Crippen molar-refractivity contribution in [2.45, 2.75) is 20.3 Å². The van der Waals surface area contributed by atoms with Crippen molar-refractivity contribution >= 4 is 28.6 Å². The second kappa shape index (κ2) is 9.87. The molecule has 0 fully saturated rings. The summed E-state index contributed by atoms with van der Waals surface area (Å²) in [7, 11) is 0. The van der Waals surface area contributed by atoms with Gasteiger partial charge in [-0.05, 0) is 66.9 Å². The van der Waals surface area contributed by atoms with Crippen LogP contribution in [0.25, 0.3) is 33.9 Å². The number of aromatic nitrogens is 2. The van der Waals surface area contributed by atoms with Crippen LogP contribution in [0.15, 0.2) is 82.0 Å². The molecule has 0 aliphatic heterocycles. The van der Waals surface area contributed by atoms with Crippen molar-refractivity contribution < 1.29 is 23.2 Å². The molecule has 5 rings (SSSR count). The molecule has 0 radical (unpaired) electrons. The third-order valence-electron chi connectivity index (χ3n) is 5.75. The van der Waals surface area contributed by atoms with Gasteiger partial charge < -0.3 is 18.9 Å². The van der Waals surface area contributed by atoms with Crippen LogP contribution in [0, 0.1) is 6.92 Å². The number of amides is 1. The minimum absolute atomic E-state index is 0.255. The van der Waals surface area contributed by atoms with E-state index >= 15 is 0 Å². The molecule has 0 saturated carbocycles. The van der Waals surface area contributed by atoms with Crippen LogP contribution in [0.4, 0.5) is 5.69 Å². The number of ether oxygens (including phenoxy) is 1. The number of hydrogen-bond donors (Lipinski definition) is 1. The second-order valence-electron chi connectivity index (χ2n) is 8.17. The highest BCUT2D eigenvalue weighted by Crippen LogP contribution is 2.31. The van der Waals surface area contributed by atoms with Gasteiger partial charge in [0.25, 0.3) is 5.91 Å². The minimum Gasteiger partial charge on any atom is -0.463 e. The van der Waals surface area contributed by atoms with Gasteiger partial charge in [-0.25, -0.2) is 14.8 Å². The van der Waals surface area contributed by atoms with Crippen LogP contribution < -0.4 is 5.32 Å². The predicted octanol–water partition coefficient (Wildman–Crippen LogP) is 5.82. The molecule has 0 aliphatic carbocycles. The van der Waals surface area contributed by atoms with Crippen LogP contribution in [0.1, 0.15) is 28.4 Å². The first kappa shape index (κ1) is 23.0. The topological polar surface area (TPSA) is 107 Å². The first-order chi connectivity index (χ1) is 17.5. The average Bonchev–Trinajstić information content (AvgIpc) is 3.62. The van der Waals surface area contributed by atoms with E-state index in [-0.39, 0.29) is 5.56 Å². The van der Waals surface area contributed by atoms with Gasteiger partial charge in [0.2, 0.25) is 0 Å². The number of anilines is 1. The number of nitrogens with one attached hydrogen (secondary N) is 1. The molecular weight excluding hydrogens is 458 g/mol. The van der Waals surface area contributed by atoms with E-state index in [0.717, 1.165) is 23.2 Å². The Morgan fingerprint density at radius 3 is 2.22 bits per heavy atom. The van der Waals surface area contributed by atoms with E-state index < -0.39 is 18.5 Å². The first-order valence-electron chi connectivity index (χ1n) is 11.5. The lowest BCUT2D eigenvalue weighted by Crippen LogP contribution is -2.22. The Morgan fingerprint density at radius 2 is 1.58 bits per heavy atom. The highest BCUT2D eigenvalue weighted by Gasteiger charge is 2.19. The number of fused-ring (bicyclic) bond motifs is 1. The highest BCUT2D eigenvalue weighted by molar-refractivity contribution is 5.98. The van der Waals surface area contributed by atoms with Crippen LogP contribution in [0.2, 0.25) is 0 Å². The van der Waals surface area contributed by atoms with E-state index in [1.54, 1.807) is 55.0 Å². The predicted molar refractivity (Wildman–Crippen MR) is 134 cm³/mol. The van der Waals surface area contributed by atoms with Gasteiger partial charge in [-0.3, -0.25) is 4.79 Å². The maximum atomic E-state index is 12.7. The third-order valence-corrected chi connectivity index (χ3v) is 5.75. The highest BCUT2D eigenvalue weighted by atomic mass is 16.5. The lowest BCUT2D eigenvalue weighted by molar-refractivity contribution is -0.119. The van der Waals surface area contributed by atoms with Crippen molar-refractivity contribution in [2.75, 3.05) is 11.9 Å². The Bertz CT molecular complexity index is 1540. The van der Waals surface area contributed by atoms with Gasteiger partial charge in [-0.2, -0.15) is 0 Å². The number of esters is 1. The first-order valence-corrected chi connectivity index (χ1v) is 11.5. The van der Waals surface area contributed by atoms with Crippen LogP contribution in [-0.2, 0) is 16.0 Å². The van der Waals surface area contributed by atoms with Gasteiger partial charge in [0.05, 0.1) is 29.1 Å². The number of carbonyl (C=O) groups excluding carboxylic acids is 2. The fourth-order valence-electron chi connectivity index (χ4n) is 3.94. The van der Waals surface area contributed by atoms with Crippen LogP contribution in [0.3, 0.4) is 0 Å². The number of para-hydroxylation sites is 1. The smallest absolute Gasteiger partial charge is 0.338 e. The number of aryl methyl sites for hydroxylation is 2. The molecule has 0 spiro atoms. The zero-order chi connectivity index (χ0) is 25.1. The van der Waals surface area contributed by atoms with Crippen molar-refractivity contribution in [3.8, 4) is 22.9 Å². The Morgan fingerprint density at radius 1 is 0.889 bits per heavy atom. The van der Waals surface area contributed by atoms with Crippen LogP contribution in [-0.4, -0.2) is 28.5 Å². The molecule has 3 heterocycles. The molecule has 0 aliphatic rings. The number of hydrogen-bond acceptors (Lipinski definition) is 7. The van der Waals surface area contributed by atoms with Crippen molar-refractivity contribution in [3.05, 3.63) is 89.9 Å². The molecule has 1 amide bonds. The summed E-state index contributed by atoms with van der Waals surface area (Å²) in [4.78, 5) is 34.6. The van der Waals surface area contributed by atoms with E-state index in [2.05, 4.69) is 10.3 Å². The standard InChI is InChI=1S/C28H23N3O5/c1-3-18-8-4-7-17(2)25(18)31-24(32)16-36-28(33)19-11-12-20-21(15-19)30-27(23-10-6-14-35-23)26(29-20)22-9-5-13-34-22/h4-15H,3,16H2,1-2H3,(H,31,32). The lowest BCUT2D eigenvalue weighted by atomic mass is 10.1. The molecule has 8 heteroatoms. The van der Waals surface area contributed by atoms with Crippen LogP contribution >= 0.6 is 0 Å². The summed E-state index contributed by atoms with van der Waals surface area (Å²) >= 11 is 0. The summed E-state index contributed by atoms with van der Waals surface area (Å²) in [6, 6.07) is 17.8. The molecule has 0 saturated heterocycles. The lowest BCUT2D eigenvalue weighted by Gasteiger charge is -2.13.